The van der Waals surface area contributed by atoms with Gasteiger partial charge in [0.1, 0.15) is 12.2 Å². The summed E-state index contributed by atoms with van der Waals surface area (Å²) in [5, 5.41) is 20.5. The van der Waals surface area contributed by atoms with Crippen molar-refractivity contribution in [3.05, 3.63) is 23.3 Å². The maximum Gasteiger partial charge on any atom is 0.190 e. The third-order valence-corrected chi connectivity index (χ3v) is 8.09. The number of allylic oxidation sites excluding steroid dienone is 4. The van der Waals surface area contributed by atoms with Crippen LogP contribution in [0.25, 0.3) is 0 Å². The molecule has 136 valence electrons. The molecule has 0 aromatic heterocycles. The average Bonchev–Trinajstić information content (AvgIpc) is 2.87. The Balaban J connectivity index is 1.75. The lowest BCUT2D eigenvalue weighted by molar-refractivity contribution is -0.155. The summed E-state index contributed by atoms with van der Waals surface area (Å²) in [6, 6.07) is 0. The number of aliphatic hydroxyl groups excluding tert-OH is 1. The van der Waals surface area contributed by atoms with Crippen molar-refractivity contribution >= 4 is 11.6 Å². The number of Topliss-reactive ketones (excluding diaryl/α,β-unsaturated/α-hetero) is 1. The van der Waals surface area contributed by atoms with Gasteiger partial charge in [-0.15, -0.1) is 0 Å². The summed E-state index contributed by atoms with van der Waals surface area (Å²) in [6.07, 6.45) is 9.48. The number of carbonyl (C=O) groups is 2. The van der Waals surface area contributed by atoms with Gasteiger partial charge < -0.3 is 10.2 Å². The maximum atomic E-state index is 12.3. The van der Waals surface area contributed by atoms with Crippen molar-refractivity contribution in [3.63, 3.8) is 0 Å². The molecule has 2 saturated carbocycles. The molecule has 4 aliphatic rings. The van der Waals surface area contributed by atoms with Crippen LogP contribution in [0, 0.1) is 22.7 Å². The molecule has 25 heavy (non-hydrogen) atoms. The molecule has 0 bridgehead atoms. The topological polar surface area (TPSA) is 74.6 Å². The molecule has 2 fully saturated rings. The van der Waals surface area contributed by atoms with E-state index in [-0.39, 0.29) is 17.1 Å². The first-order chi connectivity index (χ1) is 11.8. The van der Waals surface area contributed by atoms with Crippen LogP contribution < -0.4 is 0 Å². The van der Waals surface area contributed by atoms with Crippen molar-refractivity contribution in [2.24, 2.45) is 22.7 Å². The molecule has 2 N–H and O–H groups in total. The van der Waals surface area contributed by atoms with Crippen LogP contribution >= 0.6 is 0 Å². The summed E-state index contributed by atoms with van der Waals surface area (Å²) in [4.78, 5) is 24.2. The summed E-state index contributed by atoms with van der Waals surface area (Å²) in [5.41, 5.74) is 0.770. The summed E-state index contributed by atoms with van der Waals surface area (Å²) in [7, 11) is 0. The first kappa shape index (κ1) is 17.2. The Hall–Kier alpha value is -1.26. The van der Waals surface area contributed by atoms with Crippen molar-refractivity contribution in [1.82, 2.24) is 0 Å². The van der Waals surface area contributed by atoms with Gasteiger partial charge in [-0.2, -0.15) is 0 Å². The van der Waals surface area contributed by atoms with Crippen molar-refractivity contribution in [1.29, 1.82) is 0 Å². The Bertz CT molecular complexity index is 705. The summed E-state index contributed by atoms with van der Waals surface area (Å²) < 4.78 is 0. The van der Waals surface area contributed by atoms with Crippen molar-refractivity contribution in [2.45, 2.75) is 64.4 Å². The third-order valence-electron chi connectivity index (χ3n) is 8.09. The van der Waals surface area contributed by atoms with Crippen LogP contribution in [0.3, 0.4) is 0 Å². The second kappa shape index (κ2) is 5.37. The van der Waals surface area contributed by atoms with Crippen molar-refractivity contribution in [2.75, 3.05) is 6.61 Å². The van der Waals surface area contributed by atoms with Gasteiger partial charge in [0.2, 0.25) is 0 Å². The predicted octanol–water partition coefficient (Wildman–Crippen LogP) is 2.73. The molecule has 5 atom stereocenters. The lowest BCUT2D eigenvalue weighted by Crippen LogP contribution is -2.55. The fraction of sp³-hybridized carbons (Fsp3) is 0.714. The number of ketones is 2. The average molecular weight is 344 g/mol. The van der Waals surface area contributed by atoms with E-state index < -0.39 is 23.4 Å². The zero-order valence-corrected chi connectivity index (χ0v) is 15.2. The van der Waals surface area contributed by atoms with E-state index in [0.29, 0.717) is 25.2 Å². The second-order valence-corrected chi connectivity index (χ2v) is 8.98. The van der Waals surface area contributed by atoms with Gasteiger partial charge in [-0.05, 0) is 56.4 Å². The third kappa shape index (κ3) is 2.07. The molecule has 4 rings (SSSR count). The zero-order chi connectivity index (χ0) is 18.0. The maximum absolute atomic E-state index is 12.3. The van der Waals surface area contributed by atoms with Gasteiger partial charge in [-0.3, -0.25) is 9.59 Å². The molecule has 0 spiro atoms. The highest BCUT2D eigenvalue weighted by molar-refractivity contribution is 5.92. The van der Waals surface area contributed by atoms with Gasteiger partial charge in [0, 0.05) is 17.3 Å². The normalized spacial score (nSPS) is 45.8. The van der Waals surface area contributed by atoms with E-state index in [9.17, 15) is 19.8 Å². The minimum Gasteiger partial charge on any atom is -0.388 e. The number of rotatable bonds is 2. The molecule has 4 aliphatic carbocycles. The monoisotopic (exact) mass is 344 g/mol. The molecular weight excluding hydrogens is 316 g/mol. The lowest BCUT2D eigenvalue weighted by atomic mass is 9.50. The Morgan fingerprint density at radius 3 is 2.72 bits per heavy atom. The molecular formula is C21H28O4. The van der Waals surface area contributed by atoms with Crippen LogP contribution in [0.1, 0.15) is 58.8 Å². The first-order valence-corrected chi connectivity index (χ1v) is 9.57. The predicted molar refractivity (Wildman–Crippen MR) is 93.7 cm³/mol. The highest BCUT2D eigenvalue weighted by atomic mass is 16.3. The smallest absolute Gasteiger partial charge is 0.190 e. The Morgan fingerprint density at radius 2 is 2.00 bits per heavy atom. The Morgan fingerprint density at radius 1 is 1.24 bits per heavy atom. The van der Waals surface area contributed by atoms with Gasteiger partial charge in [0.05, 0.1) is 0 Å². The number of hydrogen-bond donors (Lipinski definition) is 2. The molecule has 2 unspecified atom stereocenters. The van der Waals surface area contributed by atoms with E-state index in [4.69, 9.17) is 0 Å². The van der Waals surface area contributed by atoms with E-state index in [1.54, 1.807) is 0 Å². The molecule has 0 saturated heterocycles. The van der Waals surface area contributed by atoms with E-state index in [2.05, 4.69) is 13.0 Å². The second-order valence-electron chi connectivity index (χ2n) is 8.98. The quantitative estimate of drug-likeness (QED) is 0.756. The molecule has 0 aliphatic heterocycles. The number of carbonyl (C=O) groups excluding carboxylic acids is 2. The number of hydrogen-bond acceptors (Lipinski definition) is 4. The molecule has 4 nitrogen and oxygen atoms in total. The van der Waals surface area contributed by atoms with Crippen LogP contribution in [0.4, 0.5) is 0 Å². The van der Waals surface area contributed by atoms with Crippen molar-refractivity contribution in [3.8, 4) is 0 Å². The zero-order valence-electron chi connectivity index (χ0n) is 15.2. The van der Waals surface area contributed by atoms with E-state index in [1.807, 2.05) is 13.0 Å². The molecule has 0 aromatic carbocycles. The molecule has 0 heterocycles. The van der Waals surface area contributed by atoms with Crippen LogP contribution in [-0.2, 0) is 9.59 Å². The van der Waals surface area contributed by atoms with Crippen LogP contribution in [0.15, 0.2) is 23.3 Å². The van der Waals surface area contributed by atoms with Crippen LogP contribution in [-0.4, -0.2) is 34.0 Å². The minimum absolute atomic E-state index is 0.0279. The largest absolute Gasteiger partial charge is 0.388 e. The highest BCUT2D eigenvalue weighted by Gasteiger charge is 2.64. The van der Waals surface area contributed by atoms with Crippen LogP contribution in [0.5, 0.6) is 0 Å². The van der Waals surface area contributed by atoms with Crippen molar-refractivity contribution < 1.29 is 19.8 Å². The lowest BCUT2D eigenvalue weighted by Gasteiger charge is -2.54. The summed E-state index contributed by atoms with van der Waals surface area (Å²) in [5.74, 6) is 0.454. The van der Waals surface area contributed by atoms with E-state index >= 15 is 0 Å². The van der Waals surface area contributed by atoms with Gasteiger partial charge >= 0.3 is 0 Å². The Kier molecular flexibility index (Phi) is 3.69. The number of aliphatic hydroxyl groups is 2. The van der Waals surface area contributed by atoms with Gasteiger partial charge in [0.25, 0.3) is 0 Å². The molecule has 4 heteroatoms. The van der Waals surface area contributed by atoms with E-state index in [1.165, 1.54) is 11.1 Å². The highest BCUT2D eigenvalue weighted by Crippen LogP contribution is 2.65. The van der Waals surface area contributed by atoms with Gasteiger partial charge in [-0.1, -0.05) is 31.1 Å². The fourth-order valence-electron chi connectivity index (χ4n) is 6.46. The summed E-state index contributed by atoms with van der Waals surface area (Å²) in [6.45, 7) is 3.71. The van der Waals surface area contributed by atoms with E-state index in [0.717, 1.165) is 25.7 Å². The Labute approximate surface area is 149 Å². The van der Waals surface area contributed by atoms with Gasteiger partial charge in [-0.25, -0.2) is 0 Å². The fourth-order valence-corrected chi connectivity index (χ4v) is 6.46. The molecule has 0 aromatic rings. The molecule has 0 amide bonds. The number of fused-ring (bicyclic) bond motifs is 5. The standard InChI is InChI=1S/C21H28O4/c1-19-8-5-14(23)11-13(19)3-4-15-16(19)6-9-20(2)17(15)7-10-21(20,25)18(24)12-22/h6,11,15,17,22,25H,3-5,7-10,12H2,1-2H3/t15?,17?,19-,20+,21-/m1/s1. The van der Waals surface area contributed by atoms with Gasteiger partial charge in [0.15, 0.2) is 11.6 Å². The summed E-state index contributed by atoms with van der Waals surface area (Å²) >= 11 is 0. The minimum atomic E-state index is -1.41. The first-order valence-electron chi connectivity index (χ1n) is 9.57. The SMILES string of the molecule is C[C@@]12CCC(=O)C=C1CCC1C2=CC[C@@]2(C)C1CC[C@@]2(O)C(=O)CO. The van der Waals surface area contributed by atoms with Crippen LogP contribution in [0.2, 0.25) is 0 Å². The molecule has 0 radical (unpaired) electrons.